The molecule has 1 saturated heterocycles. The maximum Gasteiger partial charge on any atom is 0.511 e. The van der Waals surface area contributed by atoms with Crippen molar-refractivity contribution in [1.82, 2.24) is 9.88 Å². The Labute approximate surface area is 147 Å². The molecule has 1 unspecified atom stereocenters. The van der Waals surface area contributed by atoms with E-state index in [1.54, 1.807) is 4.90 Å². The number of piperazine rings is 1. The second-order valence-corrected chi connectivity index (χ2v) is 6.00. The number of carboxylic acid groups (broad SMARTS) is 1. The van der Waals surface area contributed by atoms with Crippen molar-refractivity contribution in [2.75, 3.05) is 24.5 Å². The number of hydrogen-bond acceptors (Lipinski definition) is 5. The lowest BCUT2D eigenvalue weighted by Crippen LogP contribution is -2.49. The molecule has 0 saturated carbocycles. The summed E-state index contributed by atoms with van der Waals surface area (Å²) in [6.07, 6.45) is 0.489. The average molecular weight is 365 g/mol. The Morgan fingerprint density at radius 3 is 2.85 bits per heavy atom. The minimum atomic E-state index is -1.70. The molecule has 3 rings (SSSR count). The van der Waals surface area contributed by atoms with E-state index in [1.807, 2.05) is 6.92 Å². The quantitative estimate of drug-likeness (QED) is 0.812. The number of benzene rings is 1. The van der Waals surface area contributed by atoms with E-state index in [4.69, 9.17) is 5.11 Å². The van der Waals surface area contributed by atoms with Crippen LogP contribution in [0.15, 0.2) is 23.6 Å². The van der Waals surface area contributed by atoms with E-state index < -0.39 is 29.0 Å². The van der Waals surface area contributed by atoms with Crippen molar-refractivity contribution in [1.29, 1.82) is 0 Å². The maximum atomic E-state index is 15.2. The van der Waals surface area contributed by atoms with Gasteiger partial charge in [-0.2, -0.15) is 0 Å². The summed E-state index contributed by atoms with van der Waals surface area (Å²) in [5, 5.41) is 11.6. The van der Waals surface area contributed by atoms with Crippen LogP contribution < -0.4 is 20.4 Å². The van der Waals surface area contributed by atoms with Gasteiger partial charge >= 0.3 is 6.16 Å². The number of nitrogens with one attached hydrogen (secondary N) is 1. The summed E-state index contributed by atoms with van der Waals surface area (Å²) in [7, 11) is 0. The molecule has 0 spiro atoms. The van der Waals surface area contributed by atoms with Gasteiger partial charge in [0.05, 0.1) is 17.1 Å². The van der Waals surface area contributed by atoms with Crippen molar-refractivity contribution in [3.63, 3.8) is 0 Å². The molecule has 138 valence electrons. The predicted molar refractivity (Wildman–Crippen MR) is 92.8 cm³/mol. The first-order valence-electron chi connectivity index (χ1n) is 7.92. The lowest BCUT2D eigenvalue weighted by Gasteiger charge is -2.34. The van der Waals surface area contributed by atoms with Gasteiger partial charge in [-0.15, -0.1) is 0 Å². The van der Waals surface area contributed by atoms with Crippen molar-refractivity contribution in [2.24, 2.45) is 0 Å². The Hall–Kier alpha value is -2.94. The fraction of sp³-hybridized carbons (Fsp3) is 0.294. The van der Waals surface area contributed by atoms with E-state index in [0.717, 1.165) is 16.8 Å². The zero-order chi connectivity index (χ0) is 19.0. The van der Waals surface area contributed by atoms with E-state index in [2.05, 4.69) is 16.6 Å². The highest BCUT2D eigenvalue weighted by atomic mass is 19.1. The number of fused-ring (bicyclic) bond motifs is 1. The third kappa shape index (κ3) is 3.01. The van der Waals surface area contributed by atoms with Gasteiger partial charge in [0.2, 0.25) is 5.43 Å². The molecule has 26 heavy (non-hydrogen) atoms. The zero-order valence-corrected chi connectivity index (χ0v) is 14.0. The summed E-state index contributed by atoms with van der Waals surface area (Å²) in [6, 6.07) is 0.948. The maximum absolute atomic E-state index is 15.2. The number of ether oxygens (including phenoxy) is 1. The van der Waals surface area contributed by atoms with Gasteiger partial charge in [0.15, 0.2) is 11.6 Å². The second-order valence-electron chi connectivity index (χ2n) is 6.00. The zero-order valence-electron chi connectivity index (χ0n) is 14.0. The topological polar surface area (TPSA) is 83.8 Å². The molecule has 1 aliphatic heterocycles. The molecule has 1 aromatic heterocycles. The van der Waals surface area contributed by atoms with E-state index in [9.17, 15) is 14.0 Å². The minimum Gasteiger partial charge on any atom is -0.449 e. The molecule has 0 amide bonds. The monoisotopic (exact) mass is 365 g/mol. The molecule has 1 atom stereocenters. The minimum absolute atomic E-state index is 0.0474. The van der Waals surface area contributed by atoms with Crippen LogP contribution in [0.5, 0.6) is 5.75 Å². The summed E-state index contributed by atoms with van der Waals surface area (Å²) in [5.74, 6) is -2.37. The van der Waals surface area contributed by atoms with E-state index in [1.165, 1.54) is 6.20 Å². The molecule has 0 bridgehead atoms. The highest BCUT2D eigenvalue weighted by Crippen LogP contribution is 2.31. The number of halogens is 2. The van der Waals surface area contributed by atoms with Crippen LogP contribution in [0.25, 0.3) is 17.1 Å². The molecule has 1 aliphatic rings. The highest BCUT2D eigenvalue weighted by molar-refractivity contribution is 5.87. The number of carbonyl (C=O) groups is 1. The average Bonchev–Trinajstić information content (AvgIpc) is 2.57. The summed E-state index contributed by atoms with van der Waals surface area (Å²) in [4.78, 5) is 24.7. The van der Waals surface area contributed by atoms with Gasteiger partial charge in [-0.25, -0.2) is 13.6 Å². The largest absolute Gasteiger partial charge is 0.511 e. The number of pyridine rings is 1. The summed E-state index contributed by atoms with van der Waals surface area (Å²) in [6.45, 7) is 6.80. The van der Waals surface area contributed by atoms with Gasteiger partial charge in [0, 0.05) is 31.9 Å². The van der Waals surface area contributed by atoms with Gasteiger partial charge in [0.25, 0.3) is 0 Å². The predicted octanol–water partition coefficient (Wildman–Crippen LogP) is 2.24. The van der Waals surface area contributed by atoms with Gasteiger partial charge < -0.3 is 24.6 Å². The lowest BCUT2D eigenvalue weighted by molar-refractivity contribution is 0.144. The number of anilines is 1. The van der Waals surface area contributed by atoms with Crippen LogP contribution in [0.2, 0.25) is 0 Å². The van der Waals surface area contributed by atoms with Crippen LogP contribution in [0.4, 0.5) is 19.3 Å². The SMILES string of the molecule is C=Cn1cc(OC(=O)O)c(=O)c2cc(F)c(N3CCNC(C)C3)c(F)c21. The van der Waals surface area contributed by atoms with Crippen LogP contribution in [0.3, 0.4) is 0 Å². The molecule has 2 aromatic rings. The second kappa shape index (κ2) is 6.75. The molecule has 0 radical (unpaired) electrons. The van der Waals surface area contributed by atoms with Gasteiger partial charge in [-0.1, -0.05) is 6.58 Å². The Morgan fingerprint density at radius 2 is 2.23 bits per heavy atom. The third-order valence-electron chi connectivity index (χ3n) is 4.23. The molecule has 0 aliphatic carbocycles. The van der Waals surface area contributed by atoms with Crippen molar-refractivity contribution in [3.8, 4) is 5.75 Å². The highest BCUT2D eigenvalue weighted by Gasteiger charge is 2.26. The fourth-order valence-electron chi connectivity index (χ4n) is 3.14. The fourth-order valence-corrected chi connectivity index (χ4v) is 3.14. The molecule has 1 aromatic carbocycles. The first kappa shape index (κ1) is 17.9. The Kier molecular flexibility index (Phi) is 4.64. The van der Waals surface area contributed by atoms with Crippen molar-refractivity contribution in [3.05, 3.63) is 40.7 Å². The first-order valence-corrected chi connectivity index (χ1v) is 7.92. The Bertz CT molecular complexity index is 957. The van der Waals surface area contributed by atoms with Crippen molar-refractivity contribution >= 4 is 28.9 Å². The summed E-state index contributed by atoms with van der Waals surface area (Å²) < 4.78 is 35.4. The molecular formula is C17H17F2N3O4. The molecule has 7 nitrogen and oxygen atoms in total. The van der Waals surface area contributed by atoms with Crippen LogP contribution in [-0.4, -0.2) is 41.5 Å². The third-order valence-corrected chi connectivity index (χ3v) is 4.23. The lowest BCUT2D eigenvalue weighted by atomic mass is 10.1. The van der Waals surface area contributed by atoms with E-state index >= 15 is 4.39 Å². The molecule has 1 fully saturated rings. The Morgan fingerprint density at radius 1 is 1.50 bits per heavy atom. The number of rotatable bonds is 3. The van der Waals surface area contributed by atoms with Crippen molar-refractivity contribution in [2.45, 2.75) is 13.0 Å². The summed E-state index contributed by atoms with van der Waals surface area (Å²) in [5.41, 5.74) is -1.34. The van der Waals surface area contributed by atoms with Crippen LogP contribution in [-0.2, 0) is 0 Å². The van der Waals surface area contributed by atoms with Crippen LogP contribution in [0.1, 0.15) is 6.92 Å². The number of nitrogens with zero attached hydrogens (tertiary/aromatic N) is 2. The van der Waals surface area contributed by atoms with Crippen molar-refractivity contribution < 1.29 is 23.4 Å². The standard InChI is InChI=1S/C17H17F2N3O4/c1-3-21-8-12(26-17(24)25)16(23)10-6-11(18)15(13(19)14(10)21)22-5-4-20-9(2)7-22/h3,6,8-9,20H,1,4-5,7H2,2H3,(H,24,25). The molecule has 2 N–H and O–H groups in total. The van der Waals surface area contributed by atoms with Crippen LogP contribution in [0, 0.1) is 11.6 Å². The van der Waals surface area contributed by atoms with Gasteiger partial charge in [0.1, 0.15) is 11.5 Å². The van der Waals surface area contributed by atoms with Gasteiger partial charge in [-0.3, -0.25) is 4.79 Å². The van der Waals surface area contributed by atoms with E-state index in [0.29, 0.717) is 19.6 Å². The van der Waals surface area contributed by atoms with Crippen LogP contribution >= 0.6 is 0 Å². The molecule has 2 heterocycles. The summed E-state index contributed by atoms with van der Waals surface area (Å²) >= 11 is 0. The molecular weight excluding hydrogens is 348 g/mol. The first-order chi connectivity index (χ1) is 12.3. The molecule has 9 heteroatoms. The smallest absolute Gasteiger partial charge is 0.449 e. The number of hydrogen-bond donors (Lipinski definition) is 2. The van der Waals surface area contributed by atoms with E-state index in [-0.39, 0.29) is 22.6 Å². The van der Waals surface area contributed by atoms with Gasteiger partial charge in [-0.05, 0) is 13.0 Å². The Balaban J connectivity index is 2.27. The normalized spacial score (nSPS) is 17.3. The number of aromatic nitrogens is 1.